The van der Waals surface area contributed by atoms with Gasteiger partial charge in [-0.25, -0.2) is 4.39 Å². The molecule has 2 aromatic carbocycles. The lowest BCUT2D eigenvalue weighted by atomic mass is 10.1. The number of carbonyl (C=O) groups is 1. The van der Waals surface area contributed by atoms with Crippen molar-refractivity contribution in [2.75, 3.05) is 0 Å². The fourth-order valence-electron chi connectivity index (χ4n) is 3.09. The van der Waals surface area contributed by atoms with E-state index in [9.17, 15) is 9.18 Å². The van der Waals surface area contributed by atoms with Crippen LogP contribution in [0, 0.1) is 12.7 Å². The Morgan fingerprint density at radius 1 is 1.07 bits per heavy atom. The van der Waals surface area contributed by atoms with Gasteiger partial charge in [0.25, 0.3) is 5.91 Å². The molecule has 2 aromatic heterocycles. The molecule has 0 aliphatic carbocycles. The predicted molar refractivity (Wildman–Crippen MR) is 116 cm³/mol. The topological polar surface area (TPSA) is 64.1 Å². The summed E-state index contributed by atoms with van der Waals surface area (Å²) in [4.78, 5) is 20.8. The fourth-order valence-corrected chi connectivity index (χ4v) is 3.41. The molecule has 1 amide bonds. The van der Waals surface area contributed by atoms with Crippen molar-refractivity contribution >= 4 is 32.7 Å². The Hall–Kier alpha value is -3.32. The molecule has 0 atom stereocenters. The minimum Gasteiger partial charge on any atom is -0.456 e. The molecule has 0 saturated carbocycles. The summed E-state index contributed by atoms with van der Waals surface area (Å²) in [6.07, 6.45) is 4.86. The number of rotatable bonds is 5. The van der Waals surface area contributed by atoms with Crippen molar-refractivity contribution in [3.8, 4) is 11.5 Å². The molecule has 0 bridgehead atoms. The Bertz CT molecular complexity index is 1230. The first-order valence-electron chi connectivity index (χ1n) is 9.22. The second-order valence-electron chi connectivity index (χ2n) is 6.64. The molecule has 2 heterocycles. The highest BCUT2D eigenvalue weighted by Gasteiger charge is 2.15. The van der Waals surface area contributed by atoms with Crippen molar-refractivity contribution in [3.05, 3.63) is 94.1 Å². The third kappa shape index (κ3) is 4.02. The quantitative estimate of drug-likeness (QED) is 0.418. The highest BCUT2D eigenvalue weighted by Crippen LogP contribution is 2.34. The van der Waals surface area contributed by atoms with E-state index in [4.69, 9.17) is 4.74 Å². The van der Waals surface area contributed by atoms with Crippen LogP contribution in [0.4, 0.5) is 4.39 Å². The summed E-state index contributed by atoms with van der Waals surface area (Å²) in [5.41, 5.74) is 2.37. The molecule has 7 heteroatoms. The lowest BCUT2D eigenvalue weighted by Gasteiger charge is -2.14. The Balaban J connectivity index is 1.60. The molecule has 0 saturated heterocycles. The van der Waals surface area contributed by atoms with E-state index >= 15 is 0 Å². The van der Waals surface area contributed by atoms with Crippen LogP contribution in [0.25, 0.3) is 10.9 Å². The summed E-state index contributed by atoms with van der Waals surface area (Å²) in [6, 6.07) is 14.0. The zero-order valence-corrected chi connectivity index (χ0v) is 17.6. The smallest absolute Gasteiger partial charge is 0.251 e. The van der Waals surface area contributed by atoms with Crippen LogP contribution in [0.3, 0.4) is 0 Å². The van der Waals surface area contributed by atoms with Gasteiger partial charge in [0.1, 0.15) is 17.0 Å². The maximum atomic E-state index is 14.4. The lowest BCUT2D eigenvalue weighted by molar-refractivity contribution is 0.0950. The van der Waals surface area contributed by atoms with Crippen LogP contribution < -0.4 is 10.1 Å². The Labute approximate surface area is 181 Å². The number of pyridine rings is 2. The second kappa shape index (κ2) is 8.59. The number of carbonyl (C=O) groups excluding carboxylic acids is 1. The number of ether oxygens (including phenoxy) is 1. The largest absolute Gasteiger partial charge is 0.456 e. The number of hydrogen-bond acceptors (Lipinski definition) is 4. The van der Waals surface area contributed by atoms with Gasteiger partial charge in [0.15, 0.2) is 5.82 Å². The molecule has 150 valence electrons. The second-order valence-corrected chi connectivity index (χ2v) is 7.49. The molecule has 4 rings (SSSR count). The van der Waals surface area contributed by atoms with Crippen molar-refractivity contribution in [2.24, 2.45) is 0 Å². The SMILES string of the molecule is Cc1c(Oc2ccnc3c(F)c(Br)ccc23)cccc1C(=O)NCc1ccncc1. The van der Waals surface area contributed by atoms with Gasteiger partial charge < -0.3 is 10.1 Å². The van der Waals surface area contributed by atoms with Crippen LogP contribution in [-0.4, -0.2) is 15.9 Å². The number of hydrogen-bond donors (Lipinski definition) is 1. The molecular weight excluding hydrogens is 449 g/mol. The summed E-state index contributed by atoms with van der Waals surface area (Å²) < 4.78 is 20.8. The van der Waals surface area contributed by atoms with Gasteiger partial charge >= 0.3 is 0 Å². The van der Waals surface area contributed by atoms with E-state index in [0.29, 0.717) is 39.0 Å². The highest BCUT2D eigenvalue weighted by atomic mass is 79.9. The van der Waals surface area contributed by atoms with Crippen molar-refractivity contribution in [1.29, 1.82) is 0 Å². The molecule has 0 fully saturated rings. The molecule has 30 heavy (non-hydrogen) atoms. The van der Waals surface area contributed by atoms with Gasteiger partial charge in [0.2, 0.25) is 0 Å². The average molecular weight is 466 g/mol. The average Bonchev–Trinajstić information content (AvgIpc) is 2.77. The molecule has 4 aromatic rings. The van der Waals surface area contributed by atoms with Crippen LogP contribution in [-0.2, 0) is 6.54 Å². The number of amides is 1. The Morgan fingerprint density at radius 2 is 1.87 bits per heavy atom. The number of benzene rings is 2. The van der Waals surface area contributed by atoms with E-state index in [-0.39, 0.29) is 11.4 Å². The zero-order valence-electron chi connectivity index (χ0n) is 16.0. The summed E-state index contributed by atoms with van der Waals surface area (Å²) in [5, 5.41) is 3.45. The Kier molecular flexibility index (Phi) is 5.72. The normalized spacial score (nSPS) is 10.8. The fraction of sp³-hybridized carbons (Fsp3) is 0.0870. The monoisotopic (exact) mass is 465 g/mol. The van der Waals surface area contributed by atoms with Crippen molar-refractivity contribution in [1.82, 2.24) is 15.3 Å². The maximum absolute atomic E-state index is 14.4. The van der Waals surface area contributed by atoms with Gasteiger partial charge in [-0.2, -0.15) is 0 Å². The predicted octanol–water partition coefficient (Wildman–Crippen LogP) is 5.56. The van der Waals surface area contributed by atoms with Gasteiger partial charge in [-0.15, -0.1) is 0 Å². The molecule has 0 aliphatic rings. The van der Waals surface area contributed by atoms with Crippen LogP contribution in [0.2, 0.25) is 0 Å². The summed E-state index contributed by atoms with van der Waals surface area (Å²) in [5.74, 6) is 0.328. The van der Waals surface area contributed by atoms with Crippen LogP contribution in [0.15, 0.2) is 71.6 Å². The number of nitrogens with one attached hydrogen (secondary N) is 1. The lowest BCUT2D eigenvalue weighted by Crippen LogP contribution is -2.23. The third-order valence-corrected chi connectivity index (χ3v) is 5.33. The summed E-state index contributed by atoms with van der Waals surface area (Å²) >= 11 is 3.17. The Morgan fingerprint density at radius 3 is 2.67 bits per heavy atom. The minimum atomic E-state index is -0.445. The van der Waals surface area contributed by atoms with Crippen LogP contribution in [0.5, 0.6) is 11.5 Å². The maximum Gasteiger partial charge on any atom is 0.251 e. The number of nitrogens with zero attached hydrogens (tertiary/aromatic N) is 2. The first-order valence-corrected chi connectivity index (χ1v) is 10.0. The van der Waals surface area contributed by atoms with E-state index in [2.05, 4.69) is 31.2 Å². The molecule has 0 radical (unpaired) electrons. The van der Waals surface area contributed by atoms with Gasteiger partial charge in [-0.1, -0.05) is 6.07 Å². The van der Waals surface area contributed by atoms with Gasteiger partial charge in [-0.3, -0.25) is 14.8 Å². The molecule has 0 unspecified atom stereocenters. The molecule has 5 nitrogen and oxygen atoms in total. The van der Waals surface area contributed by atoms with Crippen molar-refractivity contribution in [2.45, 2.75) is 13.5 Å². The van der Waals surface area contributed by atoms with Gasteiger partial charge in [0, 0.05) is 41.6 Å². The van der Waals surface area contributed by atoms with Crippen LogP contribution in [0.1, 0.15) is 21.5 Å². The van der Waals surface area contributed by atoms with Gasteiger partial charge in [-0.05, 0) is 70.9 Å². The molecule has 1 N–H and O–H groups in total. The summed E-state index contributed by atoms with van der Waals surface area (Å²) in [6.45, 7) is 2.21. The van der Waals surface area contributed by atoms with E-state index in [1.54, 1.807) is 48.8 Å². The van der Waals surface area contributed by atoms with E-state index in [1.807, 2.05) is 19.1 Å². The molecule has 0 aliphatic heterocycles. The number of halogens is 2. The number of aromatic nitrogens is 2. The minimum absolute atomic E-state index is 0.204. The first kappa shape index (κ1) is 20.0. The highest BCUT2D eigenvalue weighted by molar-refractivity contribution is 9.10. The molecule has 0 spiro atoms. The standard InChI is InChI=1S/C23H17BrFN3O2/c1-14-16(23(29)28-13-15-7-10-26-11-8-15)3-2-4-19(14)30-20-9-12-27-22-17(20)5-6-18(24)21(22)25/h2-12H,13H2,1H3,(H,28,29). The van der Waals surface area contributed by atoms with Crippen molar-refractivity contribution in [3.63, 3.8) is 0 Å². The van der Waals surface area contributed by atoms with Gasteiger partial charge in [0.05, 0.1) is 4.47 Å². The van der Waals surface area contributed by atoms with E-state index in [1.165, 1.54) is 6.20 Å². The summed E-state index contributed by atoms with van der Waals surface area (Å²) in [7, 11) is 0. The molecular formula is C23H17BrFN3O2. The van der Waals surface area contributed by atoms with E-state index in [0.717, 1.165) is 5.56 Å². The third-order valence-electron chi connectivity index (χ3n) is 4.72. The van der Waals surface area contributed by atoms with Crippen molar-refractivity contribution < 1.29 is 13.9 Å². The van der Waals surface area contributed by atoms with E-state index < -0.39 is 5.82 Å². The number of fused-ring (bicyclic) bond motifs is 1. The van der Waals surface area contributed by atoms with Crippen LogP contribution >= 0.6 is 15.9 Å². The first-order chi connectivity index (χ1) is 14.5. The zero-order chi connectivity index (χ0) is 21.1.